The van der Waals surface area contributed by atoms with E-state index in [4.69, 9.17) is 0 Å². The summed E-state index contributed by atoms with van der Waals surface area (Å²) in [7, 11) is 0. The smallest absolute Gasteiger partial charge is 0.256 e. The van der Waals surface area contributed by atoms with E-state index in [-0.39, 0.29) is 17.8 Å². The van der Waals surface area contributed by atoms with Crippen LogP contribution in [0.3, 0.4) is 0 Å². The van der Waals surface area contributed by atoms with Crippen molar-refractivity contribution in [1.29, 1.82) is 0 Å². The maximum absolute atomic E-state index is 12.9. The lowest BCUT2D eigenvalue weighted by molar-refractivity contribution is 0.102. The molecule has 0 radical (unpaired) electrons. The first-order chi connectivity index (χ1) is 10.2. The fourth-order valence-corrected chi connectivity index (χ4v) is 3.73. The van der Waals surface area contributed by atoms with Crippen LogP contribution >= 0.6 is 11.3 Å². The lowest BCUT2D eigenvalue weighted by Crippen LogP contribution is -2.15. The van der Waals surface area contributed by atoms with Crippen molar-refractivity contribution in [2.24, 2.45) is 5.18 Å². The molecular formula is C15H13FN2O2S. The van der Waals surface area contributed by atoms with Crippen LogP contribution in [0, 0.1) is 10.7 Å². The standard InChI is InChI=1S/C15H13FN2O2S/c16-9-4-6-10(7-5-9)17-15(19)12-8-21-14-11(12)2-1-3-13(14)18-20/h4-8,13H,1-3H2,(H,17,19). The highest BCUT2D eigenvalue weighted by molar-refractivity contribution is 7.10. The maximum atomic E-state index is 12.9. The Morgan fingerprint density at radius 3 is 2.81 bits per heavy atom. The van der Waals surface area contributed by atoms with Crippen LogP contribution < -0.4 is 5.32 Å². The molecule has 3 rings (SSSR count). The fourth-order valence-electron chi connectivity index (χ4n) is 2.56. The molecule has 2 aromatic rings. The number of anilines is 1. The van der Waals surface area contributed by atoms with Gasteiger partial charge in [-0.2, -0.15) is 4.91 Å². The Labute approximate surface area is 125 Å². The van der Waals surface area contributed by atoms with Crippen LogP contribution in [0.25, 0.3) is 0 Å². The zero-order chi connectivity index (χ0) is 14.8. The summed E-state index contributed by atoms with van der Waals surface area (Å²) in [4.78, 5) is 24.1. The fraction of sp³-hybridized carbons (Fsp3) is 0.267. The van der Waals surface area contributed by atoms with Crippen LogP contribution in [0.2, 0.25) is 0 Å². The molecule has 6 heteroatoms. The second-order valence-electron chi connectivity index (χ2n) is 4.97. The van der Waals surface area contributed by atoms with Gasteiger partial charge in [0.05, 0.1) is 5.56 Å². The number of amides is 1. The molecule has 1 aromatic heterocycles. The van der Waals surface area contributed by atoms with E-state index in [1.54, 1.807) is 5.38 Å². The number of hydrogen-bond acceptors (Lipinski definition) is 4. The predicted octanol–water partition coefficient (Wildman–Crippen LogP) is 4.28. The topological polar surface area (TPSA) is 58.5 Å². The van der Waals surface area contributed by atoms with E-state index in [2.05, 4.69) is 10.5 Å². The van der Waals surface area contributed by atoms with Gasteiger partial charge in [0, 0.05) is 15.9 Å². The van der Waals surface area contributed by atoms with Crippen LogP contribution in [0.1, 0.15) is 39.7 Å². The maximum Gasteiger partial charge on any atom is 0.256 e. The quantitative estimate of drug-likeness (QED) is 0.860. The zero-order valence-corrected chi connectivity index (χ0v) is 12.0. The van der Waals surface area contributed by atoms with Gasteiger partial charge in [-0.3, -0.25) is 4.79 Å². The molecule has 0 spiro atoms. The van der Waals surface area contributed by atoms with Crippen molar-refractivity contribution in [3.05, 3.63) is 56.4 Å². The van der Waals surface area contributed by atoms with E-state index in [1.807, 2.05) is 0 Å². The average molecular weight is 304 g/mol. The van der Waals surface area contributed by atoms with Gasteiger partial charge in [0.15, 0.2) is 0 Å². The van der Waals surface area contributed by atoms with Crippen molar-refractivity contribution in [2.75, 3.05) is 5.32 Å². The van der Waals surface area contributed by atoms with Gasteiger partial charge in [-0.25, -0.2) is 4.39 Å². The summed E-state index contributed by atoms with van der Waals surface area (Å²) in [6, 6.07) is 5.30. The van der Waals surface area contributed by atoms with Gasteiger partial charge < -0.3 is 5.32 Å². The summed E-state index contributed by atoms with van der Waals surface area (Å²) in [6.07, 6.45) is 2.39. The summed E-state index contributed by atoms with van der Waals surface area (Å²) < 4.78 is 12.9. The number of carbonyl (C=O) groups is 1. The van der Waals surface area contributed by atoms with Gasteiger partial charge >= 0.3 is 0 Å². The molecule has 21 heavy (non-hydrogen) atoms. The molecule has 0 fully saturated rings. The van der Waals surface area contributed by atoms with E-state index < -0.39 is 0 Å². The third kappa shape index (κ3) is 2.71. The van der Waals surface area contributed by atoms with Gasteiger partial charge in [-0.1, -0.05) is 5.18 Å². The number of rotatable bonds is 3. The molecule has 1 heterocycles. The van der Waals surface area contributed by atoms with E-state index in [9.17, 15) is 14.1 Å². The summed E-state index contributed by atoms with van der Waals surface area (Å²) in [6.45, 7) is 0. The highest BCUT2D eigenvalue weighted by atomic mass is 32.1. The summed E-state index contributed by atoms with van der Waals surface area (Å²) >= 11 is 1.41. The summed E-state index contributed by atoms with van der Waals surface area (Å²) in [5.74, 6) is -0.577. The number of fused-ring (bicyclic) bond motifs is 1. The molecule has 1 amide bonds. The van der Waals surface area contributed by atoms with Gasteiger partial charge in [0.2, 0.25) is 0 Å². The summed E-state index contributed by atoms with van der Waals surface area (Å²) in [5, 5.41) is 7.66. The van der Waals surface area contributed by atoms with Crippen molar-refractivity contribution in [1.82, 2.24) is 0 Å². The van der Waals surface area contributed by atoms with Crippen LogP contribution in [0.5, 0.6) is 0 Å². The van der Waals surface area contributed by atoms with Gasteiger partial charge in [-0.15, -0.1) is 11.3 Å². The molecule has 1 atom stereocenters. The second kappa shape index (κ2) is 5.73. The van der Waals surface area contributed by atoms with E-state index >= 15 is 0 Å². The molecule has 1 aliphatic carbocycles. The van der Waals surface area contributed by atoms with Crippen molar-refractivity contribution in [3.8, 4) is 0 Å². The number of thiophene rings is 1. The second-order valence-corrected chi connectivity index (χ2v) is 5.88. The lowest BCUT2D eigenvalue weighted by atomic mass is 9.92. The van der Waals surface area contributed by atoms with Crippen molar-refractivity contribution < 1.29 is 9.18 Å². The molecule has 0 aliphatic heterocycles. The molecule has 1 N–H and O–H groups in total. The first-order valence-electron chi connectivity index (χ1n) is 6.68. The minimum Gasteiger partial charge on any atom is -0.322 e. The SMILES string of the molecule is O=NC1CCCc2c(C(=O)Nc3ccc(F)cc3)csc21. The van der Waals surface area contributed by atoms with Crippen molar-refractivity contribution in [2.45, 2.75) is 25.3 Å². The Balaban J connectivity index is 1.84. The molecule has 0 bridgehead atoms. The number of carbonyl (C=O) groups excluding carboxylic acids is 1. The third-order valence-electron chi connectivity index (χ3n) is 3.61. The molecule has 4 nitrogen and oxygen atoms in total. The van der Waals surface area contributed by atoms with E-state index in [0.29, 0.717) is 11.3 Å². The number of hydrogen-bond donors (Lipinski definition) is 1. The van der Waals surface area contributed by atoms with Gasteiger partial charge in [0.1, 0.15) is 11.9 Å². The Hall–Kier alpha value is -2.08. The number of halogens is 1. The van der Waals surface area contributed by atoms with Crippen molar-refractivity contribution in [3.63, 3.8) is 0 Å². The Morgan fingerprint density at radius 2 is 2.10 bits per heavy atom. The molecule has 1 aliphatic rings. The highest BCUT2D eigenvalue weighted by Gasteiger charge is 2.27. The van der Waals surface area contributed by atoms with Crippen LogP contribution in [0.4, 0.5) is 10.1 Å². The molecule has 1 aromatic carbocycles. The first-order valence-corrected chi connectivity index (χ1v) is 7.56. The zero-order valence-electron chi connectivity index (χ0n) is 11.1. The highest BCUT2D eigenvalue weighted by Crippen LogP contribution is 2.38. The number of nitrogens with zero attached hydrogens (tertiary/aromatic N) is 1. The van der Waals surface area contributed by atoms with E-state index in [0.717, 1.165) is 29.7 Å². The third-order valence-corrected chi connectivity index (χ3v) is 4.73. The van der Waals surface area contributed by atoms with Crippen molar-refractivity contribution >= 4 is 22.9 Å². The molecular weight excluding hydrogens is 291 g/mol. The number of benzene rings is 1. The Bertz CT molecular complexity index is 681. The largest absolute Gasteiger partial charge is 0.322 e. The minimum absolute atomic E-state index is 0.231. The van der Waals surface area contributed by atoms with Crippen LogP contribution in [-0.2, 0) is 6.42 Å². The molecule has 0 saturated heterocycles. The normalized spacial score (nSPS) is 17.1. The Kier molecular flexibility index (Phi) is 3.79. The van der Waals surface area contributed by atoms with Gasteiger partial charge in [-0.05, 0) is 49.1 Å². The predicted molar refractivity (Wildman–Crippen MR) is 80.1 cm³/mol. The first kappa shape index (κ1) is 13.9. The average Bonchev–Trinajstić information content (AvgIpc) is 2.93. The molecule has 108 valence electrons. The number of nitroso groups, excluding NO2 is 1. The summed E-state index contributed by atoms with van der Waals surface area (Å²) in [5.41, 5.74) is 2.06. The lowest BCUT2D eigenvalue weighted by Gasteiger charge is -2.17. The van der Waals surface area contributed by atoms with Gasteiger partial charge in [0.25, 0.3) is 5.91 Å². The van der Waals surface area contributed by atoms with Crippen LogP contribution in [-0.4, -0.2) is 5.91 Å². The minimum atomic E-state index is -0.346. The number of nitrogens with one attached hydrogen (secondary N) is 1. The van der Waals surface area contributed by atoms with E-state index in [1.165, 1.54) is 35.6 Å². The molecule has 1 unspecified atom stereocenters. The molecule has 0 saturated carbocycles. The Morgan fingerprint density at radius 1 is 1.33 bits per heavy atom. The monoisotopic (exact) mass is 304 g/mol. The van der Waals surface area contributed by atoms with Crippen LogP contribution in [0.15, 0.2) is 34.8 Å².